The van der Waals surface area contributed by atoms with Crippen molar-refractivity contribution in [2.75, 3.05) is 0 Å². The SMILES string of the molecule is FC(F)(F)c1nc(-c2cccc(-c3ccccn3)n2)n[nH]1.[Tm]. The number of aromatic nitrogens is 5. The molecule has 0 saturated carbocycles. The van der Waals surface area contributed by atoms with E-state index in [1.807, 2.05) is 5.10 Å². The summed E-state index contributed by atoms with van der Waals surface area (Å²) in [5.74, 6) is -1.26. The van der Waals surface area contributed by atoms with Crippen molar-refractivity contribution in [1.29, 1.82) is 0 Å². The molecular weight excluding hydrogens is 452 g/mol. The molecule has 0 aromatic carbocycles. The van der Waals surface area contributed by atoms with Crippen LogP contribution in [0.1, 0.15) is 5.82 Å². The van der Waals surface area contributed by atoms with Gasteiger partial charge >= 0.3 is 6.18 Å². The van der Waals surface area contributed by atoms with E-state index in [-0.39, 0.29) is 48.4 Å². The molecule has 0 atom stereocenters. The number of halogens is 3. The van der Waals surface area contributed by atoms with Crippen molar-refractivity contribution >= 4 is 0 Å². The number of alkyl halides is 3. The van der Waals surface area contributed by atoms with Gasteiger partial charge in [0.15, 0.2) is 5.82 Å². The molecular formula is C13H8F3N5Tm. The molecule has 3 aromatic rings. The van der Waals surface area contributed by atoms with Gasteiger partial charge in [0.25, 0.3) is 0 Å². The normalized spacial score (nSPS) is 11.0. The van der Waals surface area contributed by atoms with Crippen molar-refractivity contribution in [3.63, 3.8) is 0 Å². The molecule has 22 heavy (non-hydrogen) atoms. The van der Waals surface area contributed by atoms with Gasteiger partial charge in [0.2, 0.25) is 5.82 Å². The molecule has 5 nitrogen and oxygen atoms in total. The van der Waals surface area contributed by atoms with Crippen molar-refractivity contribution in [2.24, 2.45) is 0 Å². The fourth-order valence-electron chi connectivity index (χ4n) is 1.72. The third-order valence-electron chi connectivity index (χ3n) is 2.66. The third-order valence-corrected chi connectivity index (χ3v) is 2.66. The van der Waals surface area contributed by atoms with Gasteiger partial charge in [-0.05, 0) is 24.3 Å². The zero-order chi connectivity index (χ0) is 14.9. The quantitative estimate of drug-likeness (QED) is 0.639. The number of aromatic amines is 1. The van der Waals surface area contributed by atoms with E-state index >= 15 is 0 Å². The Labute approximate surface area is 152 Å². The van der Waals surface area contributed by atoms with Crippen molar-refractivity contribution in [2.45, 2.75) is 6.18 Å². The maximum Gasteiger partial charge on any atom is 0.451 e. The molecule has 0 aliphatic rings. The van der Waals surface area contributed by atoms with Crippen LogP contribution in [0.2, 0.25) is 0 Å². The molecule has 0 saturated heterocycles. The van der Waals surface area contributed by atoms with Crippen LogP contribution < -0.4 is 0 Å². The average molecular weight is 460 g/mol. The number of hydrogen-bond acceptors (Lipinski definition) is 4. The Morgan fingerprint density at radius 2 is 1.59 bits per heavy atom. The maximum absolute atomic E-state index is 12.5. The van der Waals surface area contributed by atoms with Gasteiger partial charge in [-0.1, -0.05) is 12.1 Å². The van der Waals surface area contributed by atoms with Gasteiger partial charge in [0.05, 0.1) is 11.4 Å². The van der Waals surface area contributed by atoms with E-state index in [0.29, 0.717) is 11.4 Å². The number of hydrogen-bond donors (Lipinski definition) is 1. The Hall–Kier alpha value is -1.54. The Morgan fingerprint density at radius 1 is 0.864 bits per heavy atom. The summed E-state index contributed by atoms with van der Waals surface area (Å²) in [6, 6.07) is 10.2. The van der Waals surface area contributed by atoms with E-state index in [2.05, 4.69) is 20.1 Å². The zero-order valence-electron chi connectivity index (χ0n) is 10.7. The number of nitrogens with zero attached hydrogens (tertiary/aromatic N) is 4. The summed E-state index contributed by atoms with van der Waals surface area (Å²) >= 11 is 0. The van der Waals surface area contributed by atoms with E-state index in [4.69, 9.17) is 0 Å². The van der Waals surface area contributed by atoms with Gasteiger partial charge in [-0.2, -0.15) is 18.3 Å². The monoisotopic (exact) mass is 460 g/mol. The summed E-state index contributed by atoms with van der Waals surface area (Å²) in [6.45, 7) is 0. The molecule has 0 unspecified atom stereocenters. The molecule has 3 aromatic heterocycles. The van der Waals surface area contributed by atoms with Gasteiger partial charge in [0, 0.05) is 43.1 Å². The summed E-state index contributed by atoms with van der Waals surface area (Å²) in [5.41, 5.74) is 1.39. The molecule has 0 amide bonds. The minimum Gasteiger partial charge on any atom is -0.255 e. The number of rotatable bonds is 2. The first-order valence-corrected chi connectivity index (χ1v) is 5.92. The molecule has 0 aliphatic heterocycles. The molecule has 0 bridgehead atoms. The molecule has 0 aliphatic carbocycles. The van der Waals surface area contributed by atoms with Gasteiger partial charge in [-0.15, -0.1) is 0 Å². The predicted octanol–water partition coefficient (Wildman–Crippen LogP) is 2.95. The van der Waals surface area contributed by atoms with Crippen molar-refractivity contribution in [1.82, 2.24) is 25.1 Å². The third kappa shape index (κ3) is 3.62. The van der Waals surface area contributed by atoms with Gasteiger partial charge in [0.1, 0.15) is 5.69 Å². The largest absolute Gasteiger partial charge is 0.451 e. The minimum atomic E-state index is -4.57. The van der Waals surface area contributed by atoms with Crippen molar-refractivity contribution in [3.8, 4) is 22.9 Å². The van der Waals surface area contributed by atoms with E-state index in [0.717, 1.165) is 0 Å². The van der Waals surface area contributed by atoms with E-state index in [1.165, 1.54) is 6.07 Å². The number of pyridine rings is 2. The van der Waals surface area contributed by atoms with Crippen LogP contribution in [0.5, 0.6) is 0 Å². The van der Waals surface area contributed by atoms with Crippen LogP contribution in [0.15, 0.2) is 42.6 Å². The summed E-state index contributed by atoms with van der Waals surface area (Å²) in [7, 11) is 0. The fourth-order valence-corrected chi connectivity index (χ4v) is 1.72. The van der Waals surface area contributed by atoms with Gasteiger partial charge < -0.3 is 0 Å². The van der Waals surface area contributed by atoms with Crippen LogP contribution in [0, 0.1) is 36.9 Å². The zero-order valence-corrected chi connectivity index (χ0v) is 12.5. The smallest absolute Gasteiger partial charge is 0.255 e. The van der Waals surface area contributed by atoms with Crippen molar-refractivity contribution < 1.29 is 50.0 Å². The summed E-state index contributed by atoms with van der Waals surface area (Å²) in [4.78, 5) is 11.8. The summed E-state index contributed by atoms with van der Waals surface area (Å²) < 4.78 is 37.5. The topological polar surface area (TPSA) is 67.3 Å². The molecule has 119 valence electrons. The van der Waals surface area contributed by atoms with Crippen LogP contribution in [-0.2, 0) is 6.18 Å². The first-order valence-electron chi connectivity index (χ1n) is 5.92. The van der Waals surface area contributed by atoms with Crippen LogP contribution in [0.3, 0.4) is 0 Å². The number of nitrogens with one attached hydrogen (secondary N) is 1. The van der Waals surface area contributed by atoms with Crippen molar-refractivity contribution in [3.05, 3.63) is 48.4 Å². The fraction of sp³-hybridized carbons (Fsp3) is 0.0769. The summed E-state index contributed by atoms with van der Waals surface area (Å²) in [6.07, 6.45) is -2.96. The average Bonchev–Trinajstić information content (AvgIpc) is 2.98. The van der Waals surface area contributed by atoms with E-state index in [9.17, 15) is 13.2 Å². The summed E-state index contributed by atoms with van der Waals surface area (Å²) in [5, 5.41) is 5.41. The van der Waals surface area contributed by atoms with Crippen LogP contribution >= 0.6 is 0 Å². The van der Waals surface area contributed by atoms with Crippen LogP contribution in [-0.4, -0.2) is 25.1 Å². The molecule has 1 radical (unpaired) electrons. The Kier molecular flexibility index (Phi) is 5.13. The molecule has 9 heteroatoms. The van der Waals surface area contributed by atoms with E-state index in [1.54, 1.807) is 36.5 Å². The molecule has 3 rings (SSSR count). The second-order valence-electron chi connectivity index (χ2n) is 4.13. The van der Waals surface area contributed by atoms with Gasteiger partial charge in [-0.3, -0.25) is 10.1 Å². The predicted molar refractivity (Wildman–Crippen MR) is 67.8 cm³/mol. The second kappa shape index (κ2) is 6.70. The first kappa shape index (κ1) is 16.8. The standard InChI is InChI=1S/C13H8F3N5.Tm/c14-13(15,16)12-19-11(20-21-12)10-6-3-5-9(18-10)8-4-1-2-7-17-8;/h1-7H,(H,19,20,21);. The van der Waals surface area contributed by atoms with Crippen LogP contribution in [0.4, 0.5) is 13.2 Å². The number of H-pyrrole nitrogens is 1. The molecule has 1 N–H and O–H groups in total. The Morgan fingerprint density at radius 3 is 2.23 bits per heavy atom. The Bertz CT molecular complexity index is 758. The molecule has 0 spiro atoms. The Balaban J connectivity index is 0.00000176. The second-order valence-corrected chi connectivity index (χ2v) is 4.13. The molecule has 3 heterocycles. The van der Waals surface area contributed by atoms with Crippen LogP contribution in [0.25, 0.3) is 22.9 Å². The minimum absolute atomic E-state index is 0. The van der Waals surface area contributed by atoms with E-state index < -0.39 is 12.0 Å². The van der Waals surface area contributed by atoms with Gasteiger partial charge in [-0.25, -0.2) is 9.97 Å². The maximum atomic E-state index is 12.5. The molecule has 0 fully saturated rings. The first-order chi connectivity index (χ1) is 10.0.